The normalized spacial score (nSPS) is 16.3. The molecule has 0 N–H and O–H groups in total. The molecule has 6 rings (SSSR count). The van der Waals surface area contributed by atoms with E-state index in [1.165, 1.54) is 0 Å². The van der Waals surface area contributed by atoms with Crippen LogP contribution in [-0.2, 0) is 11.2 Å². The molecule has 2 aromatic carbocycles. The van der Waals surface area contributed by atoms with Crippen LogP contribution >= 0.6 is 0 Å². The summed E-state index contributed by atoms with van der Waals surface area (Å²) in [5.74, 6) is 1.20. The molecule has 7 heteroatoms. The third-order valence-corrected chi connectivity index (χ3v) is 6.20. The molecule has 1 saturated heterocycles. The standard InChI is InChI=1S/C24H21N3O4/c28-24-20-12-16(11-15-5-8-25-23-22(15)30-14-31-23)18-3-1-2-4-19(18)21(20)26-13-27(24)17-6-9-29-10-7-17/h1-5,8,12-13,17H,6-7,9-11,14H2. The Morgan fingerprint density at radius 1 is 0.968 bits per heavy atom. The molecule has 0 unspecified atom stereocenters. The third kappa shape index (κ3) is 3.04. The molecule has 0 saturated carbocycles. The summed E-state index contributed by atoms with van der Waals surface area (Å²) in [4.78, 5) is 22.4. The fourth-order valence-corrected chi connectivity index (χ4v) is 4.63. The second-order valence-electron chi connectivity index (χ2n) is 7.97. The summed E-state index contributed by atoms with van der Waals surface area (Å²) in [6, 6.07) is 12.2. The molecule has 0 radical (unpaired) electrons. The van der Waals surface area contributed by atoms with Crippen LogP contribution in [-0.4, -0.2) is 34.5 Å². The number of rotatable bonds is 3. The minimum Gasteiger partial charge on any atom is -0.451 e. The van der Waals surface area contributed by atoms with Crippen LogP contribution in [0.3, 0.4) is 0 Å². The Labute approximate surface area is 178 Å². The fraction of sp³-hybridized carbons (Fsp3) is 0.292. The van der Waals surface area contributed by atoms with Crippen LogP contribution in [0, 0.1) is 0 Å². The molecule has 2 aromatic heterocycles. The topological polar surface area (TPSA) is 75.5 Å². The summed E-state index contributed by atoms with van der Waals surface area (Å²) in [6.07, 6.45) is 5.69. The zero-order valence-electron chi connectivity index (χ0n) is 16.9. The van der Waals surface area contributed by atoms with Gasteiger partial charge in [-0.05, 0) is 35.9 Å². The van der Waals surface area contributed by atoms with Crippen LogP contribution in [0.15, 0.2) is 53.7 Å². The zero-order valence-corrected chi connectivity index (χ0v) is 16.9. The first kappa shape index (κ1) is 18.3. The zero-order chi connectivity index (χ0) is 20.8. The maximum Gasteiger partial charge on any atom is 0.261 e. The Bertz CT molecular complexity index is 1360. The van der Waals surface area contributed by atoms with E-state index >= 15 is 0 Å². The monoisotopic (exact) mass is 415 g/mol. The summed E-state index contributed by atoms with van der Waals surface area (Å²) < 4.78 is 18.3. The van der Waals surface area contributed by atoms with Gasteiger partial charge in [0.25, 0.3) is 11.4 Å². The Balaban J connectivity index is 1.54. The number of fused-ring (bicyclic) bond motifs is 4. The van der Waals surface area contributed by atoms with Crippen molar-refractivity contribution in [2.45, 2.75) is 25.3 Å². The Kier molecular flexibility index (Phi) is 4.35. The van der Waals surface area contributed by atoms with Gasteiger partial charge in [0.2, 0.25) is 6.79 Å². The summed E-state index contributed by atoms with van der Waals surface area (Å²) in [5, 5.41) is 2.70. The Morgan fingerprint density at radius 3 is 2.68 bits per heavy atom. The molecule has 1 fully saturated rings. The van der Waals surface area contributed by atoms with E-state index < -0.39 is 0 Å². The molecule has 4 aromatic rings. The first-order valence-corrected chi connectivity index (χ1v) is 10.5. The quantitative estimate of drug-likeness (QED) is 0.476. The lowest BCUT2D eigenvalue weighted by Crippen LogP contribution is -2.29. The minimum absolute atomic E-state index is 0.00319. The Hall–Kier alpha value is -3.45. The molecule has 7 nitrogen and oxygen atoms in total. The van der Waals surface area contributed by atoms with Crippen LogP contribution < -0.4 is 15.0 Å². The molecule has 31 heavy (non-hydrogen) atoms. The fourth-order valence-electron chi connectivity index (χ4n) is 4.63. The van der Waals surface area contributed by atoms with Crippen LogP contribution in [0.5, 0.6) is 11.6 Å². The van der Waals surface area contributed by atoms with Gasteiger partial charge in [-0.1, -0.05) is 24.3 Å². The van der Waals surface area contributed by atoms with Crippen molar-refractivity contribution < 1.29 is 14.2 Å². The first-order chi connectivity index (χ1) is 15.3. The van der Waals surface area contributed by atoms with Gasteiger partial charge in [0, 0.05) is 42.8 Å². The molecule has 0 aliphatic carbocycles. The van der Waals surface area contributed by atoms with E-state index in [9.17, 15) is 4.79 Å². The van der Waals surface area contributed by atoms with Crippen molar-refractivity contribution >= 4 is 21.7 Å². The van der Waals surface area contributed by atoms with Crippen molar-refractivity contribution in [1.82, 2.24) is 14.5 Å². The average Bonchev–Trinajstić information content (AvgIpc) is 3.30. The van der Waals surface area contributed by atoms with E-state index in [0.717, 1.165) is 40.3 Å². The third-order valence-electron chi connectivity index (χ3n) is 6.20. The highest BCUT2D eigenvalue weighted by Gasteiger charge is 2.22. The smallest absolute Gasteiger partial charge is 0.261 e. The Morgan fingerprint density at radius 2 is 1.81 bits per heavy atom. The van der Waals surface area contributed by atoms with Gasteiger partial charge in [-0.2, -0.15) is 0 Å². The average molecular weight is 415 g/mol. The predicted molar refractivity (Wildman–Crippen MR) is 116 cm³/mol. The first-order valence-electron chi connectivity index (χ1n) is 10.5. The van der Waals surface area contributed by atoms with Crippen molar-refractivity contribution in [2.24, 2.45) is 0 Å². The summed E-state index contributed by atoms with van der Waals surface area (Å²) in [6.45, 7) is 1.53. The highest BCUT2D eigenvalue weighted by molar-refractivity contribution is 6.06. The van der Waals surface area contributed by atoms with E-state index in [0.29, 0.717) is 36.7 Å². The molecule has 0 amide bonds. The van der Waals surface area contributed by atoms with E-state index in [1.54, 1.807) is 17.1 Å². The predicted octanol–water partition coefficient (Wildman–Crippen LogP) is 3.62. The van der Waals surface area contributed by atoms with Gasteiger partial charge < -0.3 is 14.2 Å². The molecule has 2 aliphatic rings. The molecule has 156 valence electrons. The molecule has 2 aliphatic heterocycles. The number of hydrogen-bond acceptors (Lipinski definition) is 6. The van der Waals surface area contributed by atoms with Crippen LogP contribution in [0.4, 0.5) is 0 Å². The molecule has 0 spiro atoms. The number of ether oxygens (including phenoxy) is 3. The van der Waals surface area contributed by atoms with Crippen LogP contribution in [0.25, 0.3) is 21.7 Å². The number of hydrogen-bond donors (Lipinski definition) is 0. The van der Waals surface area contributed by atoms with Gasteiger partial charge >= 0.3 is 0 Å². The van der Waals surface area contributed by atoms with Crippen molar-refractivity contribution in [2.75, 3.05) is 20.0 Å². The highest BCUT2D eigenvalue weighted by Crippen LogP contribution is 2.36. The number of pyridine rings is 1. The maximum absolute atomic E-state index is 13.5. The van der Waals surface area contributed by atoms with Gasteiger partial charge in [-0.25, -0.2) is 9.97 Å². The lowest BCUT2D eigenvalue weighted by Gasteiger charge is -2.24. The minimum atomic E-state index is 0.00319. The lowest BCUT2D eigenvalue weighted by molar-refractivity contribution is 0.0685. The van der Waals surface area contributed by atoms with Crippen LogP contribution in [0.1, 0.15) is 30.0 Å². The highest BCUT2D eigenvalue weighted by atomic mass is 16.7. The maximum atomic E-state index is 13.5. The number of benzene rings is 2. The van der Waals surface area contributed by atoms with Gasteiger partial charge in [0.15, 0.2) is 5.75 Å². The summed E-state index contributed by atoms with van der Waals surface area (Å²) >= 11 is 0. The van der Waals surface area contributed by atoms with E-state index in [2.05, 4.69) is 11.1 Å². The van der Waals surface area contributed by atoms with E-state index in [4.69, 9.17) is 19.2 Å². The number of aromatic nitrogens is 3. The molecule has 0 atom stereocenters. The molecular weight excluding hydrogens is 394 g/mol. The van der Waals surface area contributed by atoms with Gasteiger partial charge in [0.1, 0.15) is 0 Å². The molecule has 4 heterocycles. The molecular formula is C24H21N3O4. The van der Waals surface area contributed by atoms with Crippen molar-refractivity contribution in [3.05, 3.63) is 70.4 Å². The summed E-state index contributed by atoms with van der Waals surface area (Å²) in [5.41, 5.74) is 2.78. The SMILES string of the molecule is O=c1c2cc(Cc3ccnc4c3OCO4)c3ccccc3c2ncn1C1CCOCC1. The van der Waals surface area contributed by atoms with E-state index in [1.807, 2.05) is 30.3 Å². The van der Waals surface area contributed by atoms with Crippen LogP contribution in [0.2, 0.25) is 0 Å². The lowest BCUT2D eigenvalue weighted by atomic mass is 9.96. The van der Waals surface area contributed by atoms with Gasteiger partial charge in [-0.15, -0.1) is 0 Å². The van der Waals surface area contributed by atoms with Crippen molar-refractivity contribution in [3.63, 3.8) is 0 Å². The largest absolute Gasteiger partial charge is 0.451 e. The second kappa shape index (κ2) is 7.35. The van der Waals surface area contributed by atoms with E-state index in [-0.39, 0.29) is 18.4 Å². The van der Waals surface area contributed by atoms with Crippen molar-refractivity contribution in [1.29, 1.82) is 0 Å². The van der Waals surface area contributed by atoms with Crippen molar-refractivity contribution in [3.8, 4) is 11.6 Å². The number of nitrogens with zero attached hydrogens (tertiary/aromatic N) is 3. The van der Waals surface area contributed by atoms with Gasteiger partial charge in [-0.3, -0.25) is 9.36 Å². The molecule has 0 bridgehead atoms. The second-order valence-corrected chi connectivity index (χ2v) is 7.97. The van der Waals surface area contributed by atoms with Gasteiger partial charge in [0.05, 0.1) is 17.2 Å². The summed E-state index contributed by atoms with van der Waals surface area (Å²) in [7, 11) is 0.